The highest BCUT2D eigenvalue weighted by Gasteiger charge is 2.14. The van der Waals surface area contributed by atoms with Crippen molar-refractivity contribution in [2.24, 2.45) is 0 Å². The minimum Gasteiger partial charge on any atom is -0.396 e. The summed E-state index contributed by atoms with van der Waals surface area (Å²) in [5.74, 6) is -0.0144. The van der Waals surface area contributed by atoms with E-state index in [1.807, 2.05) is 29.0 Å². The number of unbranched alkanes of at least 4 members (excludes halogenated alkanes) is 7. The Morgan fingerprint density at radius 1 is 1.05 bits per heavy atom. The van der Waals surface area contributed by atoms with E-state index in [2.05, 4.69) is 6.58 Å². The second-order valence-electron chi connectivity index (χ2n) is 5.40. The van der Waals surface area contributed by atoms with Crippen LogP contribution in [0.3, 0.4) is 0 Å². The molecule has 0 spiro atoms. The Bertz CT molecular complexity index is 429. The van der Waals surface area contributed by atoms with Gasteiger partial charge in [-0.1, -0.05) is 38.7 Å². The molecule has 0 aliphatic carbocycles. The van der Waals surface area contributed by atoms with Crippen molar-refractivity contribution in [1.82, 2.24) is 0 Å². The van der Waals surface area contributed by atoms with Gasteiger partial charge in [0, 0.05) is 25.2 Å². The van der Waals surface area contributed by atoms with E-state index >= 15 is 0 Å². The molecular weight excluding hydrogens is 262 g/mol. The summed E-state index contributed by atoms with van der Waals surface area (Å²) in [6, 6.07) is 5.70. The monoisotopic (exact) mass is 290 g/mol. The van der Waals surface area contributed by atoms with Gasteiger partial charge in [-0.2, -0.15) is 4.57 Å². The van der Waals surface area contributed by atoms with E-state index in [0.29, 0.717) is 6.61 Å². The third-order valence-electron chi connectivity index (χ3n) is 3.69. The molecule has 3 heteroatoms. The van der Waals surface area contributed by atoms with Crippen molar-refractivity contribution in [2.75, 3.05) is 6.61 Å². The summed E-state index contributed by atoms with van der Waals surface area (Å²) >= 11 is 0. The topological polar surface area (TPSA) is 41.2 Å². The summed E-state index contributed by atoms with van der Waals surface area (Å²) in [7, 11) is 0. The largest absolute Gasteiger partial charge is 0.396 e. The number of carbonyl (C=O) groups excluding carboxylic acids is 1. The minimum absolute atomic E-state index is 0.0144. The first kappa shape index (κ1) is 17.6. The molecule has 116 valence electrons. The fraction of sp³-hybridized carbons (Fsp3) is 0.556. The SMILES string of the molecule is C=CC(=O)c1cccc[n+]1CCCCCCCCCCO. The molecule has 0 aliphatic rings. The molecule has 0 atom stereocenters. The lowest BCUT2D eigenvalue weighted by Crippen LogP contribution is -2.39. The Balaban J connectivity index is 2.18. The van der Waals surface area contributed by atoms with Gasteiger partial charge in [0.05, 0.1) is 0 Å². The van der Waals surface area contributed by atoms with Gasteiger partial charge in [0.1, 0.15) is 6.54 Å². The van der Waals surface area contributed by atoms with Crippen molar-refractivity contribution >= 4 is 5.78 Å². The van der Waals surface area contributed by atoms with Gasteiger partial charge in [0.2, 0.25) is 5.78 Å². The standard InChI is InChI=1S/C18H28NO2/c1-2-18(21)17-13-9-11-15-19(17)14-10-7-5-3-4-6-8-12-16-20/h2,9,11,13,15,20H,1,3-8,10,12,14,16H2/q+1. The normalized spacial score (nSPS) is 10.5. The van der Waals surface area contributed by atoms with Crippen LogP contribution in [0.25, 0.3) is 0 Å². The van der Waals surface area contributed by atoms with Gasteiger partial charge in [-0.25, -0.2) is 0 Å². The molecule has 0 saturated carbocycles. The first-order chi connectivity index (χ1) is 10.3. The number of ketones is 1. The maximum absolute atomic E-state index is 11.7. The Labute approximate surface area is 128 Å². The van der Waals surface area contributed by atoms with E-state index in [1.54, 1.807) is 0 Å². The van der Waals surface area contributed by atoms with E-state index in [1.165, 1.54) is 38.2 Å². The highest BCUT2D eigenvalue weighted by Crippen LogP contribution is 2.08. The Morgan fingerprint density at radius 3 is 2.29 bits per heavy atom. The number of hydrogen-bond acceptors (Lipinski definition) is 2. The summed E-state index contributed by atoms with van der Waals surface area (Å²) in [6.45, 7) is 4.76. The summed E-state index contributed by atoms with van der Waals surface area (Å²) in [4.78, 5) is 11.7. The average Bonchev–Trinajstić information content (AvgIpc) is 2.53. The number of allylic oxidation sites excluding steroid dienone is 1. The summed E-state index contributed by atoms with van der Waals surface area (Å²) in [6.07, 6.45) is 12.7. The molecule has 0 bridgehead atoms. The Morgan fingerprint density at radius 2 is 1.67 bits per heavy atom. The number of aliphatic hydroxyl groups excluding tert-OH is 1. The molecule has 1 heterocycles. The van der Waals surface area contributed by atoms with Crippen molar-refractivity contribution in [2.45, 2.75) is 57.9 Å². The highest BCUT2D eigenvalue weighted by atomic mass is 16.2. The second kappa shape index (κ2) is 11.2. The van der Waals surface area contributed by atoms with Gasteiger partial charge in [-0.3, -0.25) is 4.79 Å². The molecule has 0 fully saturated rings. The van der Waals surface area contributed by atoms with Crippen LogP contribution in [0.2, 0.25) is 0 Å². The predicted molar refractivity (Wildman–Crippen MR) is 85.2 cm³/mol. The average molecular weight is 290 g/mol. The summed E-state index contributed by atoms with van der Waals surface area (Å²) in [5, 5.41) is 8.69. The zero-order valence-corrected chi connectivity index (χ0v) is 13.0. The molecule has 21 heavy (non-hydrogen) atoms. The van der Waals surface area contributed by atoms with Gasteiger partial charge in [-0.05, 0) is 25.0 Å². The molecule has 0 aliphatic heterocycles. The number of aryl methyl sites for hydroxylation is 1. The third-order valence-corrected chi connectivity index (χ3v) is 3.69. The molecule has 0 radical (unpaired) electrons. The van der Waals surface area contributed by atoms with Crippen molar-refractivity contribution in [3.05, 3.63) is 42.7 Å². The molecular formula is C18H28NO2+. The predicted octanol–water partition coefficient (Wildman–Crippen LogP) is 3.46. The molecule has 0 unspecified atom stereocenters. The van der Waals surface area contributed by atoms with Gasteiger partial charge >= 0.3 is 0 Å². The van der Waals surface area contributed by atoms with Crippen molar-refractivity contribution < 1.29 is 14.5 Å². The maximum atomic E-state index is 11.7. The molecule has 1 aromatic heterocycles. The van der Waals surface area contributed by atoms with Gasteiger partial charge in [-0.15, -0.1) is 0 Å². The van der Waals surface area contributed by atoms with Gasteiger partial charge < -0.3 is 5.11 Å². The van der Waals surface area contributed by atoms with Crippen LogP contribution < -0.4 is 4.57 Å². The van der Waals surface area contributed by atoms with Crippen LogP contribution in [0.5, 0.6) is 0 Å². The molecule has 3 nitrogen and oxygen atoms in total. The number of carbonyl (C=O) groups is 1. The van der Waals surface area contributed by atoms with Crippen LogP contribution in [-0.4, -0.2) is 17.5 Å². The molecule has 0 amide bonds. The van der Waals surface area contributed by atoms with Crippen LogP contribution in [-0.2, 0) is 6.54 Å². The van der Waals surface area contributed by atoms with E-state index in [0.717, 1.165) is 31.5 Å². The lowest BCUT2D eigenvalue weighted by molar-refractivity contribution is -0.699. The molecule has 0 saturated heterocycles. The number of rotatable bonds is 12. The Kier molecular flexibility index (Phi) is 9.38. The van der Waals surface area contributed by atoms with E-state index < -0.39 is 0 Å². The highest BCUT2D eigenvalue weighted by molar-refractivity contribution is 6.01. The Hall–Kier alpha value is -1.48. The third kappa shape index (κ3) is 7.19. The lowest BCUT2D eigenvalue weighted by Gasteiger charge is -2.02. The number of aliphatic hydroxyl groups is 1. The van der Waals surface area contributed by atoms with Crippen LogP contribution in [0, 0.1) is 0 Å². The van der Waals surface area contributed by atoms with Crippen molar-refractivity contribution in [3.63, 3.8) is 0 Å². The number of aromatic nitrogens is 1. The second-order valence-corrected chi connectivity index (χ2v) is 5.40. The quantitative estimate of drug-likeness (QED) is 0.277. The molecule has 1 N–H and O–H groups in total. The smallest absolute Gasteiger partial charge is 0.252 e. The molecule has 1 aromatic rings. The zero-order chi connectivity index (χ0) is 15.3. The fourth-order valence-electron chi connectivity index (χ4n) is 2.45. The summed E-state index contributed by atoms with van der Waals surface area (Å²) in [5.41, 5.74) is 0.719. The first-order valence-electron chi connectivity index (χ1n) is 8.05. The minimum atomic E-state index is -0.0144. The van der Waals surface area contributed by atoms with Crippen LogP contribution in [0.1, 0.15) is 61.9 Å². The molecule has 1 rings (SSSR count). The maximum Gasteiger partial charge on any atom is 0.252 e. The van der Waals surface area contributed by atoms with E-state index in [4.69, 9.17) is 5.11 Å². The number of pyridine rings is 1. The molecule has 0 aromatic carbocycles. The number of nitrogens with zero attached hydrogens (tertiary/aromatic N) is 1. The van der Waals surface area contributed by atoms with Crippen LogP contribution in [0.15, 0.2) is 37.1 Å². The van der Waals surface area contributed by atoms with E-state index in [9.17, 15) is 4.79 Å². The van der Waals surface area contributed by atoms with Crippen LogP contribution in [0.4, 0.5) is 0 Å². The van der Waals surface area contributed by atoms with Crippen molar-refractivity contribution in [1.29, 1.82) is 0 Å². The lowest BCUT2D eigenvalue weighted by atomic mass is 10.1. The zero-order valence-electron chi connectivity index (χ0n) is 13.0. The fourth-order valence-corrected chi connectivity index (χ4v) is 2.45. The van der Waals surface area contributed by atoms with E-state index in [-0.39, 0.29) is 5.78 Å². The van der Waals surface area contributed by atoms with Crippen LogP contribution >= 0.6 is 0 Å². The number of hydrogen-bond donors (Lipinski definition) is 1. The van der Waals surface area contributed by atoms with Crippen molar-refractivity contribution in [3.8, 4) is 0 Å². The summed E-state index contributed by atoms with van der Waals surface area (Å²) < 4.78 is 2.02. The van der Waals surface area contributed by atoms with Gasteiger partial charge in [0.15, 0.2) is 6.20 Å². The first-order valence-corrected chi connectivity index (χ1v) is 8.05. The van der Waals surface area contributed by atoms with Gasteiger partial charge in [0.25, 0.3) is 5.69 Å².